The van der Waals surface area contributed by atoms with Gasteiger partial charge in [-0.1, -0.05) is 34.8 Å². The molecule has 2 rings (SSSR count). The zero-order chi connectivity index (χ0) is 17.6. The third-order valence-corrected chi connectivity index (χ3v) is 3.52. The Morgan fingerprint density at radius 3 is 1.43 bits per heavy atom. The summed E-state index contributed by atoms with van der Waals surface area (Å²) in [5.74, 6) is 0. The predicted octanol–water partition coefficient (Wildman–Crippen LogP) is 6.75. The summed E-state index contributed by atoms with van der Waals surface area (Å²) in [7, 11) is 0. The number of rotatable bonds is 1. The van der Waals surface area contributed by atoms with Crippen molar-refractivity contribution in [3.8, 4) is 11.1 Å². The average molecular weight is 395 g/mol. The van der Waals surface area contributed by atoms with Crippen molar-refractivity contribution in [2.24, 2.45) is 0 Å². The van der Waals surface area contributed by atoms with Crippen molar-refractivity contribution in [1.29, 1.82) is 0 Å². The van der Waals surface area contributed by atoms with Gasteiger partial charge in [-0.25, -0.2) is 4.98 Å². The largest absolute Gasteiger partial charge is 0.433 e. The SMILES string of the molecule is FC(F)(F)c1cc(-c2c(Cl)cc(Cl)cc2Cl)cc(C(F)(F)F)n1. The molecule has 0 fully saturated rings. The van der Waals surface area contributed by atoms with Gasteiger partial charge >= 0.3 is 12.4 Å². The molecular weight excluding hydrogens is 390 g/mol. The van der Waals surface area contributed by atoms with E-state index in [-0.39, 0.29) is 20.6 Å². The maximum Gasteiger partial charge on any atom is 0.433 e. The van der Waals surface area contributed by atoms with Gasteiger partial charge in [-0.3, -0.25) is 0 Å². The van der Waals surface area contributed by atoms with Crippen molar-refractivity contribution < 1.29 is 26.3 Å². The predicted molar refractivity (Wildman–Crippen MR) is 74.7 cm³/mol. The number of nitrogens with zero attached hydrogens (tertiary/aromatic N) is 1. The number of pyridine rings is 1. The summed E-state index contributed by atoms with van der Waals surface area (Å²) in [6, 6.07) is 3.20. The highest BCUT2D eigenvalue weighted by Gasteiger charge is 2.39. The van der Waals surface area contributed by atoms with Crippen molar-refractivity contribution in [3.05, 3.63) is 50.7 Å². The summed E-state index contributed by atoms with van der Waals surface area (Å²) in [4.78, 5) is 2.62. The Balaban J connectivity index is 2.78. The van der Waals surface area contributed by atoms with Gasteiger partial charge in [-0.2, -0.15) is 26.3 Å². The molecule has 0 unspecified atom stereocenters. The van der Waals surface area contributed by atoms with E-state index in [1.165, 1.54) is 0 Å². The molecule has 2 aromatic rings. The molecule has 1 nitrogen and oxygen atoms in total. The van der Waals surface area contributed by atoms with E-state index in [9.17, 15) is 26.3 Å². The van der Waals surface area contributed by atoms with Crippen molar-refractivity contribution in [3.63, 3.8) is 0 Å². The first-order chi connectivity index (χ1) is 10.4. The van der Waals surface area contributed by atoms with E-state index in [2.05, 4.69) is 4.98 Å². The Labute approximate surface area is 140 Å². The van der Waals surface area contributed by atoms with Crippen LogP contribution < -0.4 is 0 Å². The Hall–Kier alpha value is -1.18. The highest BCUT2D eigenvalue weighted by Crippen LogP contribution is 2.41. The monoisotopic (exact) mass is 393 g/mol. The lowest BCUT2D eigenvalue weighted by molar-refractivity contribution is -0.150. The Bertz CT molecular complexity index is 699. The zero-order valence-electron chi connectivity index (χ0n) is 10.7. The molecule has 0 radical (unpaired) electrons. The van der Waals surface area contributed by atoms with Gasteiger partial charge < -0.3 is 0 Å². The fourth-order valence-electron chi connectivity index (χ4n) is 1.78. The molecule has 0 amide bonds. The Morgan fingerprint density at radius 2 is 1.09 bits per heavy atom. The highest BCUT2D eigenvalue weighted by molar-refractivity contribution is 6.41. The lowest BCUT2D eigenvalue weighted by Crippen LogP contribution is -2.15. The molecular formula is C13H4Cl3F6N. The molecule has 0 aliphatic carbocycles. The molecule has 0 aliphatic heterocycles. The summed E-state index contributed by atoms with van der Waals surface area (Å²) in [5.41, 5.74) is -4.07. The summed E-state index contributed by atoms with van der Waals surface area (Å²) in [6.45, 7) is 0. The fraction of sp³-hybridized carbons (Fsp3) is 0.154. The second-order valence-electron chi connectivity index (χ2n) is 4.37. The summed E-state index contributed by atoms with van der Waals surface area (Å²) in [6.07, 6.45) is -10.1. The molecule has 0 saturated heterocycles. The van der Waals surface area contributed by atoms with Gasteiger partial charge in [0.1, 0.15) is 11.4 Å². The molecule has 0 spiro atoms. The Morgan fingerprint density at radius 1 is 0.696 bits per heavy atom. The van der Waals surface area contributed by atoms with E-state index in [1.807, 2.05) is 0 Å². The maximum atomic E-state index is 12.8. The first-order valence-electron chi connectivity index (χ1n) is 5.71. The molecule has 1 heterocycles. The van der Waals surface area contributed by atoms with E-state index in [0.29, 0.717) is 12.1 Å². The standard InChI is InChI=1S/C13H4Cl3F6N/c14-6-3-7(15)11(8(16)4-6)5-1-9(12(17,18)19)23-10(2-5)13(20,21)22/h1-4H. The first-order valence-corrected chi connectivity index (χ1v) is 6.84. The van der Waals surface area contributed by atoms with Crippen LogP contribution in [0.2, 0.25) is 15.1 Å². The van der Waals surface area contributed by atoms with Crippen LogP contribution in [0.1, 0.15) is 11.4 Å². The average Bonchev–Trinajstić information content (AvgIpc) is 2.35. The topological polar surface area (TPSA) is 12.9 Å². The summed E-state index contributed by atoms with van der Waals surface area (Å²) >= 11 is 17.4. The minimum atomic E-state index is -5.07. The van der Waals surface area contributed by atoms with Gasteiger partial charge in [0.25, 0.3) is 0 Å². The van der Waals surface area contributed by atoms with Crippen LogP contribution in [0.3, 0.4) is 0 Å². The quantitative estimate of drug-likeness (QED) is 0.488. The molecule has 23 heavy (non-hydrogen) atoms. The number of hydrogen-bond donors (Lipinski definition) is 0. The molecule has 0 saturated carbocycles. The van der Waals surface area contributed by atoms with Crippen LogP contribution in [0, 0.1) is 0 Å². The van der Waals surface area contributed by atoms with Gasteiger partial charge in [0.05, 0.1) is 10.0 Å². The zero-order valence-corrected chi connectivity index (χ0v) is 12.9. The van der Waals surface area contributed by atoms with Crippen LogP contribution in [-0.4, -0.2) is 4.98 Å². The van der Waals surface area contributed by atoms with Crippen LogP contribution in [0.25, 0.3) is 11.1 Å². The molecule has 0 bridgehead atoms. The normalized spacial score (nSPS) is 12.6. The van der Waals surface area contributed by atoms with Gasteiger partial charge in [-0.05, 0) is 29.8 Å². The molecule has 0 N–H and O–H groups in total. The Kier molecular flexibility index (Phi) is 4.76. The molecule has 10 heteroatoms. The van der Waals surface area contributed by atoms with E-state index in [1.54, 1.807) is 0 Å². The molecule has 1 aromatic carbocycles. The third kappa shape index (κ3) is 4.02. The van der Waals surface area contributed by atoms with E-state index in [4.69, 9.17) is 34.8 Å². The van der Waals surface area contributed by atoms with Crippen LogP contribution in [-0.2, 0) is 12.4 Å². The second kappa shape index (κ2) is 6.03. The fourth-order valence-corrected chi connectivity index (χ4v) is 2.82. The van der Waals surface area contributed by atoms with Crippen LogP contribution in [0.4, 0.5) is 26.3 Å². The second-order valence-corrected chi connectivity index (χ2v) is 5.62. The van der Waals surface area contributed by atoms with E-state index < -0.39 is 29.3 Å². The first kappa shape index (κ1) is 18.2. The molecule has 0 aliphatic rings. The van der Waals surface area contributed by atoms with Gasteiger partial charge in [0.2, 0.25) is 0 Å². The van der Waals surface area contributed by atoms with Gasteiger partial charge in [-0.15, -0.1) is 0 Å². The molecule has 1 aromatic heterocycles. The summed E-state index contributed by atoms with van der Waals surface area (Å²) < 4.78 is 76.8. The highest BCUT2D eigenvalue weighted by atomic mass is 35.5. The smallest absolute Gasteiger partial charge is 0.239 e. The van der Waals surface area contributed by atoms with Gasteiger partial charge in [0.15, 0.2) is 0 Å². The summed E-state index contributed by atoms with van der Waals surface area (Å²) in [5, 5.41) is -0.283. The number of benzene rings is 1. The van der Waals surface area contributed by atoms with Crippen molar-refractivity contribution in [1.82, 2.24) is 4.98 Å². The molecule has 0 atom stereocenters. The van der Waals surface area contributed by atoms with Crippen LogP contribution in [0.15, 0.2) is 24.3 Å². The van der Waals surface area contributed by atoms with Crippen molar-refractivity contribution >= 4 is 34.8 Å². The number of halogens is 9. The minimum Gasteiger partial charge on any atom is -0.239 e. The number of aromatic nitrogens is 1. The molecule has 124 valence electrons. The third-order valence-electron chi connectivity index (χ3n) is 2.70. The van der Waals surface area contributed by atoms with Gasteiger partial charge in [0, 0.05) is 10.6 Å². The van der Waals surface area contributed by atoms with Crippen LogP contribution in [0.5, 0.6) is 0 Å². The minimum absolute atomic E-state index is 0.0879. The number of alkyl halides is 6. The van der Waals surface area contributed by atoms with Crippen molar-refractivity contribution in [2.45, 2.75) is 12.4 Å². The lowest BCUT2D eigenvalue weighted by atomic mass is 10.0. The van der Waals surface area contributed by atoms with E-state index in [0.717, 1.165) is 12.1 Å². The van der Waals surface area contributed by atoms with Crippen molar-refractivity contribution in [2.75, 3.05) is 0 Å². The number of hydrogen-bond acceptors (Lipinski definition) is 1. The van der Waals surface area contributed by atoms with Crippen LogP contribution >= 0.6 is 34.8 Å². The maximum absolute atomic E-state index is 12.8. The van der Waals surface area contributed by atoms with E-state index >= 15 is 0 Å². The lowest BCUT2D eigenvalue weighted by Gasteiger charge is -2.15.